The van der Waals surface area contributed by atoms with E-state index in [2.05, 4.69) is 5.48 Å². The first-order valence-electron chi connectivity index (χ1n) is 10.4. The van der Waals surface area contributed by atoms with E-state index in [-0.39, 0.29) is 30.6 Å². The summed E-state index contributed by atoms with van der Waals surface area (Å²) in [5, 5.41) is 9.53. The third-order valence-corrected chi connectivity index (χ3v) is 7.11. The van der Waals surface area contributed by atoms with Gasteiger partial charge in [0.1, 0.15) is 12.3 Å². The summed E-state index contributed by atoms with van der Waals surface area (Å²) in [6.45, 7) is 9.97. The predicted octanol–water partition coefficient (Wildman–Crippen LogP) is 3.22. The van der Waals surface area contributed by atoms with E-state index >= 15 is 0 Å². The van der Waals surface area contributed by atoms with E-state index in [0.717, 1.165) is 26.0 Å². The summed E-state index contributed by atoms with van der Waals surface area (Å²) in [6.07, 6.45) is 3.93. The molecule has 2 fully saturated rings. The Morgan fingerprint density at radius 3 is 1.88 bits per heavy atom. The fourth-order valence-corrected chi connectivity index (χ4v) is 4.93. The Morgan fingerprint density at radius 2 is 1.53 bits per heavy atom. The standard InChI is InChI=1S/C9H18NO4P.C5H11O4P.C4H9NO.ClH/c1-3-14-15(2,12)8-9(11)10-6-4-5-7-13-10;1-3-9-10(2,8)4-5(6)7;1-2-4-6-5-3-1;/h3-8H2,1-2H3;3-4H2,1-2H3,(H,6,7);5H,1-4H2;1H. The Bertz CT molecular complexity index is 604. The van der Waals surface area contributed by atoms with Crippen LogP contribution in [0.2, 0.25) is 0 Å². The summed E-state index contributed by atoms with van der Waals surface area (Å²) in [6, 6.07) is 0. The molecule has 192 valence electrons. The summed E-state index contributed by atoms with van der Waals surface area (Å²) in [5.74, 6) is -1.33. The van der Waals surface area contributed by atoms with Crippen molar-refractivity contribution in [3.05, 3.63) is 0 Å². The number of hydrogen-bond acceptors (Lipinski definition) is 9. The van der Waals surface area contributed by atoms with Crippen LogP contribution in [-0.2, 0) is 37.4 Å². The van der Waals surface area contributed by atoms with Gasteiger partial charge in [0.2, 0.25) is 14.7 Å². The molecule has 2 saturated heterocycles. The van der Waals surface area contributed by atoms with Gasteiger partial charge in [-0.3, -0.25) is 23.6 Å². The van der Waals surface area contributed by atoms with Crippen LogP contribution in [0.4, 0.5) is 0 Å². The predicted molar refractivity (Wildman–Crippen MR) is 125 cm³/mol. The Labute approximate surface area is 197 Å². The zero-order valence-corrected chi connectivity index (χ0v) is 22.1. The second-order valence-electron chi connectivity index (χ2n) is 7.06. The monoisotopic (exact) mass is 524 g/mol. The average molecular weight is 525 g/mol. The highest BCUT2D eigenvalue weighted by Gasteiger charge is 2.26. The van der Waals surface area contributed by atoms with Crippen molar-refractivity contribution in [2.45, 2.75) is 39.5 Å². The van der Waals surface area contributed by atoms with E-state index in [9.17, 15) is 18.7 Å². The van der Waals surface area contributed by atoms with Gasteiger partial charge in [0.15, 0.2) is 0 Å². The van der Waals surface area contributed by atoms with Gasteiger partial charge in [-0.25, -0.2) is 10.5 Å². The van der Waals surface area contributed by atoms with Crippen molar-refractivity contribution in [3.63, 3.8) is 0 Å². The Hall–Kier alpha value is -0.510. The van der Waals surface area contributed by atoms with Gasteiger partial charge in [-0.05, 0) is 39.5 Å². The fourth-order valence-electron chi connectivity index (χ4n) is 2.52. The quantitative estimate of drug-likeness (QED) is 0.454. The number of hydrogen-bond donors (Lipinski definition) is 2. The topological polar surface area (TPSA) is 141 Å². The van der Waals surface area contributed by atoms with Gasteiger partial charge in [0, 0.05) is 26.4 Å². The third-order valence-electron chi connectivity index (χ3n) is 3.81. The van der Waals surface area contributed by atoms with Crippen LogP contribution in [0.25, 0.3) is 0 Å². The molecule has 2 unspecified atom stereocenters. The lowest BCUT2D eigenvalue weighted by molar-refractivity contribution is -0.194. The molecule has 2 aliphatic rings. The van der Waals surface area contributed by atoms with Crippen LogP contribution in [0.1, 0.15) is 39.5 Å². The minimum Gasteiger partial charge on any atom is -0.481 e. The largest absolute Gasteiger partial charge is 0.481 e. The molecular formula is C18H39ClN2O9P2. The number of carbonyl (C=O) groups is 2. The summed E-state index contributed by atoms with van der Waals surface area (Å²) >= 11 is 0. The number of amides is 1. The van der Waals surface area contributed by atoms with Crippen molar-refractivity contribution in [1.29, 1.82) is 0 Å². The molecule has 0 radical (unpaired) electrons. The molecular weight excluding hydrogens is 486 g/mol. The zero-order valence-electron chi connectivity index (χ0n) is 19.4. The third kappa shape index (κ3) is 19.0. The molecule has 2 aliphatic heterocycles. The van der Waals surface area contributed by atoms with Crippen LogP contribution in [0.3, 0.4) is 0 Å². The van der Waals surface area contributed by atoms with Gasteiger partial charge in [-0.15, -0.1) is 12.4 Å². The van der Waals surface area contributed by atoms with Crippen molar-refractivity contribution < 1.29 is 42.5 Å². The van der Waals surface area contributed by atoms with E-state index < -0.39 is 20.7 Å². The Morgan fingerprint density at radius 1 is 0.969 bits per heavy atom. The first-order valence-corrected chi connectivity index (χ1v) is 15.0. The van der Waals surface area contributed by atoms with Gasteiger partial charge < -0.3 is 19.0 Å². The highest BCUT2D eigenvalue weighted by molar-refractivity contribution is 7.59. The average Bonchev–Trinajstić information content (AvgIpc) is 2.69. The molecule has 0 spiro atoms. The number of carboxylic acids is 1. The van der Waals surface area contributed by atoms with E-state index in [1.54, 1.807) is 13.8 Å². The van der Waals surface area contributed by atoms with E-state index in [4.69, 9.17) is 23.8 Å². The van der Waals surface area contributed by atoms with Crippen molar-refractivity contribution >= 4 is 39.0 Å². The minimum absolute atomic E-state index is 0. The first kappa shape index (κ1) is 33.7. The van der Waals surface area contributed by atoms with E-state index in [0.29, 0.717) is 26.4 Å². The molecule has 0 aromatic heterocycles. The van der Waals surface area contributed by atoms with Crippen molar-refractivity contribution in [2.75, 3.05) is 65.2 Å². The highest BCUT2D eigenvalue weighted by atomic mass is 35.5. The number of nitrogens with one attached hydrogen (secondary N) is 1. The number of carboxylic acid groups (broad SMARTS) is 1. The molecule has 2 N–H and O–H groups in total. The van der Waals surface area contributed by atoms with Crippen LogP contribution < -0.4 is 5.48 Å². The highest BCUT2D eigenvalue weighted by Crippen LogP contribution is 2.42. The molecule has 0 aromatic rings. The van der Waals surface area contributed by atoms with Crippen LogP contribution in [0.5, 0.6) is 0 Å². The summed E-state index contributed by atoms with van der Waals surface area (Å²) in [7, 11) is -5.63. The SMILES string of the molecule is C1CCONC1.CCOP(C)(=O)CC(=O)N1CCCCO1.CCOP(C)(=O)CC(=O)O.Cl. The first-order chi connectivity index (χ1) is 14.5. The number of carbonyl (C=O) groups excluding carboxylic acids is 1. The normalized spacial score (nSPS) is 19.4. The van der Waals surface area contributed by atoms with Crippen LogP contribution in [-0.4, -0.2) is 87.2 Å². The minimum atomic E-state index is -2.85. The number of hydroxylamine groups is 3. The Kier molecular flexibility index (Phi) is 19.8. The zero-order chi connectivity index (χ0) is 23.8. The number of nitrogens with zero attached hydrogens (tertiary/aromatic N) is 1. The number of aliphatic carboxylic acids is 1. The van der Waals surface area contributed by atoms with Crippen molar-refractivity contribution in [2.24, 2.45) is 0 Å². The molecule has 32 heavy (non-hydrogen) atoms. The number of halogens is 1. The van der Waals surface area contributed by atoms with E-state index in [1.807, 2.05) is 0 Å². The maximum atomic E-state index is 11.7. The van der Waals surface area contributed by atoms with Gasteiger partial charge >= 0.3 is 5.97 Å². The molecule has 2 atom stereocenters. The summed E-state index contributed by atoms with van der Waals surface area (Å²) in [5.41, 5.74) is 2.78. The summed E-state index contributed by atoms with van der Waals surface area (Å²) < 4.78 is 32.5. The lowest BCUT2D eigenvalue weighted by Gasteiger charge is -2.26. The van der Waals surface area contributed by atoms with Crippen LogP contribution >= 0.6 is 27.1 Å². The van der Waals surface area contributed by atoms with Crippen molar-refractivity contribution in [3.8, 4) is 0 Å². The molecule has 0 bridgehead atoms. The molecule has 14 heteroatoms. The number of rotatable bonds is 8. The summed E-state index contributed by atoms with van der Waals surface area (Å²) in [4.78, 5) is 31.7. The van der Waals surface area contributed by atoms with Gasteiger partial charge in [-0.2, -0.15) is 0 Å². The van der Waals surface area contributed by atoms with Gasteiger partial charge in [-0.1, -0.05) is 0 Å². The molecule has 11 nitrogen and oxygen atoms in total. The van der Waals surface area contributed by atoms with Gasteiger partial charge in [0.25, 0.3) is 5.91 Å². The smallest absolute Gasteiger partial charge is 0.313 e. The van der Waals surface area contributed by atoms with E-state index in [1.165, 1.54) is 31.2 Å². The molecule has 2 heterocycles. The lowest BCUT2D eigenvalue weighted by Crippen LogP contribution is -2.37. The molecule has 0 saturated carbocycles. The fraction of sp³-hybridized carbons (Fsp3) is 0.889. The maximum absolute atomic E-state index is 11.7. The second kappa shape index (κ2) is 18.9. The molecule has 2 rings (SSSR count). The maximum Gasteiger partial charge on any atom is 0.313 e. The molecule has 0 aromatic carbocycles. The molecule has 1 amide bonds. The van der Waals surface area contributed by atoms with Crippen LogP contribution in [0, 0.1) is 0 Å². The lowest BCUT2D eigenvalue weighted by atomic mass is 10.3. The van der Waals surface area contributed by atoms with Crippen molar-refractivity contribution in [1.82, 2.24) is 10.5 Å². The Balaban J connectivity index is 0. The second-order valence-corrected chi connectivity index (χ2v) is 12.3. The molecule has 0 aliphatic carbocycles. The van der Waals surface area contributed by atoms with Gasteiger partial charge in [0.05, 0.1) is 26.4 Å². The van der Waals surface area contributed by atoms with Crippen LogP contribution in [0.15, 0.2) is 0 Å².